The van der Waals surface area contributed by atoms with Crippen LogP contribution in [0.3, 0.4) is 0 Å². The van der Waals surface area contributed by atoms with Gasteiger partial charge in [-0.3, -0.25) is 0 Å². The molecule has 0 radical (unpaired) electrons. The Morgan fingerprint density at radius 1 is 1.12 bits per heavy atom. The molecule has 2 aromatic rings. The molecule has 6 nitrogen and oxygen atoms in total. The van der Waals surface area contributed by atoms with Gasteiger partial charge in [0.15, 0.2) is 5.96 Å². The van der Waals surface area contributed by atoms with Crippen molar-refractivity contribution in [3.63, 3.8) is 0 Å². The molecule has 0 aliphatic heterocycles. The molecule has 0 spiro atoms. The highest BCUT2D eigenvalue weighted by atomic mass is 127. The van der Waals surface area contributed by atoms with Gasteiger partial charge in [-0.1, -0.05) is 35.9 Å². The Morgan fingerprint density at radius 2 is 1.81 bits per heavy atom. The summed E-state index contributed by atoms with van der Waals surface area (Å²) in [5, 5.41) is 12.2. The maximum atomic E-state index is 11.4. The number of guanidine groups is 1. The van der Waals surface area contributed by atoms with Crippen LogP contribution in [0.25, 0.3) is 0 Å². The van der Waals surface area contributed by atoms with Crippen LogP contribution in [0.1, 0.15) is 18.1 Å². The van der Waals surface area contributed by atoms with Gasteiger partial charge in [0.05, 0.1) is 11.4 Å². The molecule has 2 rings (SSSR count). The van der Waals surface area contributed by atoms with Gasteiger partial charge in [0.2, 0.25) is 10.0 Å². The normalized spacial score (nSPS) is 11.6. The highest BCUT2D eigenvalue weighted by molar-refractivity contribution is 14.0. The number of nitrogens with zero attached hydrogens (tertiary/aromatic N) is 1. The molecule has 0 aliphatic rings. The van der Waals surface area contributed by atoms with Crippen LogP contribution in [0.4, 0.5) is 0 Å². The molecule has 0 saturated heterocycles. The van der Waals surface area contributed by atoms with Crippen molar-refractivity contribution >= 4 is 51.6 Å². The van der Waals surface area contributed by atoms with E-state index in [2.05, 4.69) is 15.6 Å². The Bertz CT molecular complexity index is 859. The lowest BCUT2D eigenvalue weighted by Crippen LogP contribution is -2.36. The summed E-state index contributed by atoms with van der Waals surface area (Å²) in [6, 6.07) is 14.0. The molecular formula is C17H22ClIN4O2S. The molecule has 0 unspecified atom stereocenters. The summed E-state index contributed by atoms with van der Waals surface area (Å²) in [5.41, 5.74) is 1.79. The summed E-state index contributed by atoms with van der Waals surface area (Å²) >= 11 is 5.98. The van der Waals surface area contributed by atoms with Gasteiger partial charge < -0.3 is 10.6 Å². The van der Waals surface area contributed by atoms with Crippen molar-refractivity contribution in [1.82, 2.24) is 10.6 Å². The Balaban J connectivity index is 0.00000338. The van der Waals surface area contributed by atoms with Crippen molar-refractivity contribution in [2.24, 2.45) is 10.1 Å². The summed E-state index contributed by atoms with van der Waals surface area (Å²) in [7, 11) is -3.72. The van der Waals surface area contributed by atoms with E-state index in [1.165, 1.54) is 12.1 Å². The van der Waals surface area contributed by atoms with Crippen LogP contribution in [0.15, 0.2) is 58.4 Å². The fourth-order valence-electron chi connectivity index (χ4n) is 2.17. The van der Waals surface area contributed by atoms with Crippen LogP contribution < -0.4 is 15.8 Å². The highest BCUT2D eigenvalue weighted by Crippen LogP contribution is 2.11. The van der Waals surface area contributed by atoms with E-state index in [1.807, 2.05) is 31.2 Å². The van der Waals surface area contributed by atoms with Gasteiger partial charge in [0.1, 0.15) is 0 Å². The van der Waals surface area contributed by atoms with Crippen molar-refractivity contribution in [3.8, 4) is 0 Å². The minimum atomic E-state index is -3.72. The maximum Gasteiger partial charge on any atom is 0.238 e. The predicted octanol–water partition coefficient (Wildman–Crippen LogP) is 2.86. The maximum absolute atomic E-state index is 11.4. The molecule has 2 aromatic carbocycles. The van der Waals surface area contributed by atoms with Gasteiger partial charge in [-0.2, -0.15) is 0 Å². The van der Waals surface area contributed by atoms with Crippen LogP contribution in [-0.4, -0.2) is 20.9 Å². The SMILES string of the molecule is CCNC(=NCc1cccc(S(N)(=O)=O)c1)NCc1cccc(Cl)c1.I. The summed E-state index contributed by atoms with van der Waals surface area (Å²) < 4.78 is 22.8. The minimum Gasteiger partial charge on any atom is -0.357 e. The first-order chi connectivity index (χ1) is 11.9. The molecule has 0 fully saturated rings. The number of halogens is 2. The second kappa shape index (κ2) is 10.7. The zero-order valence-electron chi connectivity index (χ0n) is 14.3. The lowest BCUT2D eigenvalue weighted by atomic mass is 10.2. The first-order valence-electron chi connectivity index (χ1n) is 7.77. The predicted molar refractivity (Wildman–Crippen MR) is 116 cm³/mol. The monoisotopic (exact) mass is 508 g/mol. The molecule has 0 amide bonds. The standard InChI is InChI=1S/C17H21ClN4O2S.HI/c1-2-20-17(21-11-13-5-3-7-15(18)9-13)22-12-14-6-4-8-16(10-14)25(19,23)24;/h3-10H,2,11-12H2,1H3,(H2,19,23,24)(H2,20,21,22);1H. The number of hydrogen-bond acceptors (Lipinski definition) is 3. The number of benzene rings is 2. The van der Waals surface area contributed by atoms with Crippen molar-refractivity contribution in [3.05, 3.63) is 64.7 Å². The van der Waals surface area contributed by atoms with Crippen LogP contribution in [-0.2, 0) is 23.1 Å². The molecule has 9 heteroatoms. The quantitative estimate of drug-likeness (QED) is 0.318. The number of nitrogens with one attached hydrogen (secondary N) is 2. The van der Waals surface area contributed by atoms with E-state index < -0.39 is 10.0 Å². The summed E-state index contributed by atoms with van der Waals surface area (Å²) in [5.74, 6) is 0.628. The van der Waals surface area contributed by atoms with Gasteiger partial charge in [0, 0.05) is 18.1 Å². The van der Waals surface area contributed by atoms with Crippen molar-refractivity contribution < 1.29 is 8.42 Å². The first-order valence-corrected chi connectivity index (χ1v) is 9.69. The average Bonchev–Trinajstić information content (AvgIpc) is 2.57. The number of rotatable bonds is 6. The fraction of sp³-hybridized carbons (Fsp3) is 0.235. The third-order valence-electron chi connectivity index (χ3n) is 3.34. The zero-order valence-corrected chi connectivity index (χ0v) is 18.2. The summed E-state index contributed by atoms with van der Waals surface area (Å²) in [4.78, 5) is 4.55. The summed E-state index contributed by atoms with van der Waals surface area (Å²) in [6.45, 7) is 3.58. The lowest BCUT2D eigenvalue weighted by Gasteiger charge is -2.11. The molecule has 0 bridgehead atoms. The molecule has 4 N–H and O–H groups in total. The number of hydrogen-bond donors (Lipinski definition) is 3. The zero-order chi connectivity index (χ0) is 18.3. The molecule has 0 aromatic heterocycles. The topological polar surface area (TPSA) is 96.6 Å². The molecule has 0 saturated carbocycles. The lowest BCUT2D eigenvalue weighted by molar-refractivity contribution is 0.597. The van der Waals surface area contributed by atoms with Crippen molar-refractivity contribution in [1.29, 1.82) is 0 Å². The number of sulfonamides is 1. The Hall–Kier alpha value is -1.36. The van der Waals surface area contributed by atoms with E-state index in [-0.39, 0.29) is 28.9 Å². The van der Waals surface area contributed by atoms with E-state index in [9.17, 15) is 8.42 Å². The number of nitrogens with two attached hydrogens (primary N) is 1. The Kier molecular flexibility index (Phi) is 9.34. The van der Waals surface area contributed by atoms with Crippen molar-refractivity contribution in [2.45, 2.75) is 24.9 Å². The third kappa shape index (κ3) is 7.48. The van der Waals surface area contributed by atoms with Gasteiger partial charge in [-0.25, -0.2) is 18.5 Å². The number of aliphatic imine (C=N–C) groups is 1. The van der Waals surface area contributed by atoms with E-state index >= 15 is 0 Å². The summed E-state index contributed by atoms with van der Waals surface area (Å²) in [6.07, 6.45) is 0. The molecule has 0 atom stereocenters. The van der Waals surface area contributed by atoms with Crippen molar-refractivity contribution in [2.75, 3.05) is 6.54 Å². The number of primary sulfonamides is 1. The largest absolute Gasteiger partial charge is 0.357 e. The van der Waals surface area contributed by atoms with E-state index in [0.29, 0.717) is 30.6 Å². The second-order valence-electron chi connectivity index (χ2n) is 5.37. The molecule has 0 aliphatic carbocycles. The second-order valence-corrected chi connectivity index (χ2v) is 7.37. The van der Waals surface area contributed by atoms with E-state index in [1.54, 1.807) is 12.1 Å². The average molecular weight is 509 g/mol. The smallest absolute Gasteiger partial charge is 0.238 e. The third-order valence-corrected chi connectivity index (χ3v) is 4.49. The van der Waals surface area contributed by atoms with Gasteiger partial charge in [-0.05, 0) is 42.3 Å². The molecule has 142 valence electrons. The Morgan fingerprint density at radius 3 is 2.46 bits per heavy atom. The fourth-order valence-corrected chi connectivity index (χ4v) is 2.96. The van der Waals surface area contributed by atoms with E-state index in [4.69, 9.17) is 16.7 Å². The highest BCUT2D eigenvalue weighted by Gasteiger charge is 2.07. The Labute approximate surface area is 176 Å². The molecular weight excluding hydrogens is 487 g/mol. The first kappa shape index (κ1) is 22.7. The van der Waals surface area contributed by atoms with Crippen LogP contribution in [0.2, 0.25) is 5.02 Å². The van der Waals surface area contributed by atoms with Gasteiger partial charge in [0.25, 0.3) is 0 Å². The minimum absolute atomic E-state index is 0. The van der Waals surface area contributed by atoms with Gasteiger partial charge in [-0.15, -0.1) is 24.0 Å². The van der Waals surface area contributed by atoms with Crippen LogP contribution in [0, 0.1) is 0 Å². The molecule has 26 heavy (non-hydrogen) atoms. The van der Waals surface area contributed by atoms with Crippen LogP contribution >= 0.6 is 35.6 Å². The molecule has 0 heterocycles. The van der Waals surface area contributed by atoms with Gasteiger partial charge >= 0.3 is 0 Å². The van der Waals surface area contributed by atoms with Crippen LogP contribution in [0.5, 0.6) is 0 Å². The van der Waals surface area contributed by atoms with E-state index in [0.717, 1.165) is 11.1 Å².